The third-order valence-corrected chi connectivity index (χ3v) is 6.43. The Morgan fingerprint density at radius 3 is 2.18 bits per heavy atom. The van der Waals surface area contributed by atoms with Gasteiger partial charge >= 0.3 is 12.1 Å². The van der Waals surface area contributed by atoms with Crippen molar-refractivity contribution in [3.8, 4) is 11.1 Å². The van der Waals surface area contributed by atoms with Crippen LogP contribution >= 0.6 is 0 Å². The van der Waals surface area contributed by atoms with E-state index in [2.05, 4.69) is 23.5 Å². The lowest BCUT2D eigenvalue weighted by atomic mass is 9.98. The molecular formula is C29H25NO4. The zero-order valence-corrected chi connectivity index (χ0v) is 18.8. The van der Waals surface area contributed by atoms with Crippen LogP contribution in [0.3, 0.4) is 0 Å². The summed E-state index contributed by atoms with van der Waals surface area (Å²) in [6, 6.07) is 27.1. The van der Waals surface area contributed by atoms with Crippen molar-refractivity contribution in [1.82, 2.24) is 5.32 Å². The quantitative estimate of drug-likeness (QED) is 0.395. The van der Waals surface area contributed by atoms with Gasteiger partial charge in [0.25, 0.3) is 0 Å². The van der Waals surface area contributed by atoms with E-state index in [0.717, 1.165) is 38.6 Å². The molecule has 0 bridgehead atoms. The van der Waals surface area contributed by atoms with Crippen LogP contribution in [-0.2, 0) is 16.0 Å². The number of hydrogen-bond donors (Lipinski definition) is 2. The van der Waals surface area contributed by atoms with Gasteiger partial charge in [-0.1, -0.05) is 90.5 Å². The number of rotatable bonds is 6. The van der Waals surface area contributed by atoms with E-state index in [-0.39, 0.29) is 18.9 Å². The van der Waals surface area contributed by atoms with Gasteiger partial charge in [0, 0.05) is 12.3 Å². The molecule has 4 aromatic carbocycles. The van der Waals surface area contributed by atoms with Crippen molar-refractivity contribution in [2.75, 3.05) is 6.61 Å². The van der Waals surface area contributed by atoms with E-state index < -0.39 is 18.1 Å². The third-order valence-electron chi connectivity index (χ3n) is 6.43. The molecule has 1 amide bonds. The van der Waals surface area contributed by atoms with E-state index in [0.29, 0.717) is 0 Å². The number of hydrogen-bond acceptors (Lipinski definition) is 3. The number of benzene rings is 4. The average Bonchev–Trinajstić information content (AvgIpc) is 3.16. The minimum absolute atomic E-state index is 0.0784. The number of carbonyl (C=O) groups is 2. The minimum Gasteiger partial charge on any atom is -0.480 e. The lowest BCUT2D eigenvalue weighted by Gasteiger charge is -2.18. The molecule has 0 saturated heterocycles. The smallest absolute Gasteiger partial charge is 0.407 e. The molecular weight excluding hydrogens is 426 g/mol. The van der Waals surface area contributed by atoms with Crippen LogP contribution in [0.25, 0.3) is 21.9 Å². The number of carbonyl (C=O) groups excluding carboxylic acids is 1. The van der Waals surface area contributed by atoms with E-state index in [4.69, 9.17) is 4.74 Å². The third kappa shape index (κ3) is 4.25. The Morgan fingerprint density at radius 2 is 1.50 bits per heavy atom. The second kappa shape index (κ2) is 9.02. The fourth-order valence-electron chi connectivity index (χ4n) is 4.76. The first kappa shape index (κ1) is 21.7. The van der Waals surface area contributed by atoms with E-state index in [1.807, 2.05) is 73.7 Å². The SMILES string of the molecule is Cc1ccc2cc(C[C@H](NC(=O)OCC3c4ccccc4-c4ccccc43)C(=O)O)ccc2c1. The van der Waals surface area contributed by atoms with Crippen molar-refractivity contribution in [3.63, 3.8) is 0 Å². The highest BCUT2D eigenvalue weighted by atomic mass is 16.5. The zero-order valence-electron chi connectivity index (χ0n) is 18.8. The Bertz CT molecular complexity index is 1350. The van der Waals surface area contributed by atoms with Gasteiger partial charge in [0.2, 0.25) is 0 Å². The maximum atomic E-state index is 12.6. The van der Waals surface area contributed by atoms with Gasteiger partial charge in [-0.05, 0) is 45.5 Å². The van der Waals surface area contributed by atoms with E-state index in [1.165, 1.54) is 5.56 Å². The molecule has 0 unspecified atom stereocenters. The van der Waals surface area contributed by atoms with Crippen molar-refractivity contribution in [2.24, 2.45) is 0 Å². The van der Waals surface area contributed by atoms with Gasteiger partial charge in [-0.3, -0.25) is 0 Å². The molecule has 1 aliphatic carbocycles. The molecule has 1 aliphatic rings. The lowest BCUT2D eigenvalue weighted by molar-refractivity contribution is -0.139. The van der Waals surface area contributed by atoms with Gasteiger partial charge in [0.15, 0.2) is 0 Å². The van der Waals surface area contributed by atoms with Crippen molar-refractivity contribution >= 4 is 22.8 Å². The lowest BCUT2D eigenvalue weighted by Crippen LogP contribution is -2.42. The number of nitrogens with one attached hydrogen (secondary N) is 1. The van der Waals surface area contributed by atoms with Crippen LogP contribution < -0.4 is 5.32 Å². The van der Waals surface area contributed by atoms with Crippen LogP contribution in [0.15, 0.2) is 84.9 Å². The second-order valence-corrected chi connectivity index (χ2v) is 8.75. The average molecular weight is 452 g/mol. The summed E-state index contributed by atoms with van der Waals surface area (Å²) in [4.78, 5) is 24.4. The number of aryl methyl sites for hydroxylation is 1. The van der Waals surface area contributed by atoms with Gasteiger partial charge in [-0.15, -0.1) is 0 Å². The summed E-state index contributed by atoms with van der Waals surface area (Å²) in [6.07, 6.45) is -0.561. The number of amides is 1. The first-order valence-electron chi connectivity index (χ1n) is 11.3. The predicted molar refractivity (Wildman–Crippen MR) is 132 cm³/mol. The van der Waals surface area contributed by atoms with Gasteiger partial charge in [-0.2, -0.15) is 0 Å². The molecule has 0 aromatic heterocycles. The minimum atomic E-state index is -1.10. The number of aliphatic carboxylic acids is 1. The van der Waals surface area contributed by atoms with Gasteiger partial charge in [0.05, 0.1) is 0 Å². The summed E-state index contributed by atoms with van der Waals surface area (Å²) in [5.41, 5.74) is 6.50. The summed E-state index contributed by atoms with van der Waals surface area (Å²) in [5.74, 6) is -1.18. The number of alkyl carbamates (subject to hydrolysis) is 1. The van der Waals surface area contributed by atoms with E-state index in [1.54, 1.807) is 0 Å². The highest BCUT2D eigenvalue weighted by molar-refractivity contribution is 5.85. The molecule has 34 heavy (non-hydrogen) atoms. The van der Waals surface area contributed by atoms with Crippen molar-refractivity contribution in [3.05, 3.63) is 107 Å². The number of carboxylic acids is 1. The predicted octanol–water partition coefficient (Wildman–Crippen LogP) is 5.68. The number of ether oxygens (including phenoxy) is 1. The van der Waals surface area contributed by atoms with E-state index in [9.17, 15) is 14.7 Å². The molecule has 5 rings (SSSR count). The van der Waals surface area contributed by atoms with Gasteiger partial charge in [0.1, 0.15) is 12.6 Å². The van der Waals surface area contributed by atoms with Crippen LogP contribution in [0.2, 0.25) is 0 Å². The maximum absolute atomic E-state index is 12.6. The maximum Gasteiger partial charge on any atom is 0.407 e. The topological polar surface area (TPSA) is 75.6 Å². The fraction of sp³-hybridized carbons (Fsp3) is 0.172. The molecule has 1 atom stereocenters. The monoisotopic (exact) mass is 451 g/mol. The van der Waals surface area contributed by atoms with Crippen LogP contribution in [0, 0.1) is 6.92 Å². The molecule has 0 aliphatic heterocycles. The van der Waals surface area contributed by atoms with Gasteiger partial charge in [-0.25, -0.2) is 9.59 Å². The first-order chi connectivity index (χ1) is 16.5. The summed E-state index contributed by atoms with van der Waals surface area (Å²) >= 11 is 0. The normalized spacial score (nSPS) is 13.2. The Kier molecular flexibility index (Phi) is 5.76. The molecule has 0 saturated carbocycles. The molecule has 0 spiro atoms. The van der Waals surface area contributed by atoms with E-state index >= 15 is 0 Å². The van der Waals surface area contributed by atoms with Crippen LogP contribution in [0.5, 0.6) is 0 Å². The Morgan fingerprint density at radius 1 is 0.882 bits per heavy atom. The Hall–Kier alpha value is -4.12. The van der Waals surface area contributed by atoms with Crippen molar-refractivity contribution in [1.29, 1.82) is 0 Å². The number of fused-ring (bicyclic) bond motifs is 4. The molecule has 0 radical (unpaired) electrons. The largest absolute Gasteiger partial charge is 0.480 e. The fourth-order valence-corrected chi connectivity index (χ4v) is 4.76. The molecule has 0 fully saturated rings. The first-order valence-corrected chi connectivity index (χ1v) is 11.3. The summed E-state index contributed by atoms with van der Waals surface area (Å²) in [6.45, 7) is 2.17. The summed E-state index contributed by atoms with van der Waals surface area (Å²) < 4.78 is 5.53. The molecule has 5 heteroatoms. The van der Waals surface area contributed by atoms with Crippen molar-refractivity contribution < 1.29 is 19.4 Å². The number of carboxylic acid groups (broad SMARTS) is 1. The van der Waals surface area contributed by atoms with Crippen LogP contribution in [-0.4, -0.2) is 29.8 Å². The standard InChI is InChI=1S/C29H25NO4/c1-18-10-12-21-15-19(11-13-20(21)14-18)16-27(28(31)32)30-29(33)34-17-26-24-8-4-2-6-22(24)23-7-3-5-9-25(23)26/h2-15,26-27H,16-17H2,1H3,(H,30,33)(H,31,32)/t27-/m0/s1. The van der Waals surface area contributed by atoms with Crippen LogP contribution in [0.1, 0.15) is 28.2 Å². The van der Waals surface area contributed by atoms with Gasteiger partial charge < -0.3 is 15.2 Å². The molecule has 4 aromatic rings. The molecule has 0 heterocycles. The Labute approximate surface area is 198 Å². The molecule has 2 N–H and O–H groups in total. The Balaban J connectivity index is 1.27. The highest BCUT2D eigenvalue weighted by Crippen LogP contribution is 2.44. The summed E-state index contributed by atoms with van der Waals surface area (Å²) in [5, 5.41) is 14.4. The zero-order chi connectivity index (χ0) is 23.7. The highest BCUT2D eigenvalue weighted by Gasteiger charge is 2.29. The molecule has 170 valence electrons. The molecule has 5 nitrogen and oxygen atoms in total. The van der Waals surface area contributed by atoms with Crippen LogP contribution in [0.4, 0.5) is 4.79 Å². The van der Waals surface area contributed by atoms with Crippen molar-refractivity contribution in [2.45, 2.75) is 25.3 Å². The second-order valence-electron chi connectivity index (χ2n) is 8.75. The summed E-state index contributed by atoms with van der Waals surface area (Å²) in [7, 11) is 0.